The molecule has 0 fully saturated rings. The van der Waals surface area contributed by atoms with E-state index in [9.17, 15) is 4.79 Å². The minimum Gasteiger partial charge on any atom is -0.319 e. The molecule has 92 valence electrons. The quantitative estimate of drug-likeness (QED) is 0.870. The molecule has 1 aromatic heterocycles. The van der Waals surface area contributed by atoms with Gasteiger partial charge in [-0.05, 0) is 30.4 Å². The van der Waals surface area contributed by atoms with Crippen LogP contribution in [-0.2, 0) is 0 Å². The number of hydrogen-bond acceptors (Lipinski definition) is 4. The number of aromatic nitrogens is 1. The predicted octanol–water partition coefficient (Wildman–Crippen LogP) is 4.03. The molecule has 1 aromatic carbocycles. The molecule has 0 aliphatic carbocycles. The number of hydrogen-bond donors (Lipinski definition) is 1. The van der Waals surface area contributed by atoms with Crippen molar-refractivity contribution in [3.05, 3.63) is 39.3 Å². The Morgan fingerprint density at radius 1 is 1.39 bits per heavy atom. The highest BCUT2D eigenvalue weighted by atomic mass is 35.5. The molecule has 0 radical (unpaired) electrons. The molecule has 0 saturated heterocycles. The van der Waals surface area contributed by atoms with Gasteiger partial charge in [-0.1, -0.05) is 35.3 Å². The van der Waals surface area contributed by atoms with Gasteiger partial charge in [0.1, 0.15) is 9.90 Å². The van der Waals surface area contributed by atoms with E-state index in [1.807, 2.05) is 0 Å². The van der Waals surface area contributed by atoms with Crippen molar-refractivity contribution in [3.63, 3.8) is 0 Å². The van der Waals surface area contributed by atoms with Gasteiger partial charge in [0, 0.05) is 0 Å². The van der Waals surface area contributed by atoms with E-state index in [1.54, 1.807) is 24.3 Å². The molecule has 2 aromatic rings. The molecule has 1 N–H and O–H groups in total. The summed E-state index contributed by atoms with van der Waals surface area (Å²) in [7, 11) is 0. The van der Waals surface area contributed by atoms with Crippen LogP contribution in [0.5, 0.6) is 0 Å². The SMILES string of the molecule is C=Nc1ccccc1NC(=O)c1snc(Cl)c1Cl. The Bertz CT molecular complexity index is 612. The van der Waals surface area contributed by atoms with Gasteiger partial charge in [-0.25, -0.2) is 0 Å². The van der Waals surface area contributed by atoms with Gasteiger partial charge in [-0.3, -0.25) is 9.79 Å². The number of amides is 1. The summed E-state index contributed by atoms with van der Waals surface area (Å²) in [6, 6.07) is 7.05. The Labute approximate surface area is 117 Å². The minimum atomic E-state index is -0.375. The molecule has 0 spiro atoms. The topological polar surface area (TPSA) is 54.4 Å². The maximum atomic E-state index is 12.0. The summed E-state index contributed by atoms with van der Waals surface area (Å²) in [6.45, 7) is 3.44. The van der Waals surface area contributed by atoms with Crippen LogP contribution in [0.2, 0.25) is 10.2 Å². The Hall–Kier alpha value is -1.43. The average molecular weight is 300 g/mol. The molecule has 18 heavy (non-hydrogen) atoms. The van der Waals surface area contributed by atoms with Gasteiger partial charge in [0.15, 0.2) is 5.15 Å². The van der Waals surface area contributed by atoms with Crippen LogP contribution in [-0.4, -0.2) is 17.0 Å². The number of halogens is 2. The van der Waals surface area contributed by atoms with Crippen LogP contribution < -0.4 is 5.32 Å². The number of nitrogens with one attached hydrogen (secondary N) is 1. The summed E-state index contributed by atoms with van der Waals surface area (Å²) < 4.78 is 3.80. The molecule has 0 saturated carbocycles. The molecule has 1 heterocycles. The third-order valence-corrected chi connectivity index (χ3v) is 3.92. The molecule has 4 nitrogen and oxygen atoms in total. The fourth-order valence-corrected chi connectivity index (χ4v) is 2.41. The van der Waals surface area contributed by atoms with Crippen molar-refractivity contribution < 1.29 is 4.79 Å². The summed E-state index contributed by atoms with van der Waals surface area (Å²) in [6.07, 6.45) is 0. The van der Waals surface area contributed by atoms with Crippen molar-refractivity contribution in [2.75, 3.05) is 5.32 Å². The van der Waals surface area contributed by atoms with E-state index in [-0.39, 0.29) is 21.0 Å². The Morgan fingerprint density at radius 3 is 2.72 bits per heavy atom. The molecule has 0 bridgehead atoms. The largest absolute Gasteiger partial charge is 0.319 e. The van der Waals surface area contributed by atoms with E-state index in [2.05, 4.69) is 21.4 Å². The Morgan fingerprint density at radius 2 is 2.11 bits per heavy atom. The first-order chi connectivity index (χ1) is 8.63. The molecule has 1 amide bonds. The maximum absolute atomic E-state index is 12.0. The summed E-state index contributed by atoms with van der Waals surface area (Å²) in [5, 5.41) is 2.97. The summed E-state index contributed by atoms with van der Waals surface area (Å²) in [5.41, 5.74) is 1.13. The smallest absolute Gasteiger partial charge is 0.269 e. The second kappa shape index (κ2) is 5.48. The third-order valence-electron chi connectivity index (χ3n) is 2.13. The zero-order chi connectivity index (χ0) is 13.1. The van der Waals surface area contributed by atoms with Crippen molar-refractivity contribution in [2.24, 2.45) is 4.99 Å². The number of anilines is 1. The van der Waals surface area contributed by atoms with Gasteiger partial charge in [-0.15, -0.1) is 0 Å². The highest BCUT2D eigenvalue weighted by molar-refractivity contribution is 7.09. The van der Waals surface area contributed by atoms with Crippen molar-refractivity contribution in [2.45, 2.75) is 0 Å². The summed E-state index contributed by atoms with van der Waals surface area (Å²) in [5.74, 6) is -0.375. The molecular weight excluding hydrogens is 293 g/mol. The van der Waals surface area contributed by atoms with Crippen molar-refractivity contribution >= 4 is 58.7 Å². The molecular formula is C11H7Cl2N3OS. The van der Waals surface area contributed by atoms with Crippen LogP contribution in [0.4, 0.5) is 11.4 Å². The molecule has 7 heteroatoms. The van der Waals surface area contributed by atoms with Crippen LogP contribution in [0.25, 0.3) is 0 Å². The standard InChI is InChI=1S/C11H7Cl2N3OS/c1-14-6-4-2-3-5-7(6)15-11(17)9-8(12)10(13)16-18-9/h2-5H,1H2,(H,15,17). The van der Waals surface area contributed by atoms with E-state index in [0.29, 0.717) is 11.4 Å². The second-order valence-corrected chi connectivity index (χ2v) is 4.76. The fourth-order valence-electron chi connectivity index (χ4n) is 1.30. The summed E-state index contributed by atoms with van der Waals surface area (Å²) >= 11 is 12.5. The van der Waals surface area contributed by atoms with Crippen LogP contribution >= 0.6 is 34.7 Å². The molecule has 0 aliphatic heterocycles. The lowest BCUT2D eigenvalue weighted by atomic mass is 10.2. The van der Waals surface area contributed by atoms with Gasteiger partial charge < -0.3 is 5.32 Å². The molecule has 0 aliphatic rings. The first kappa shape index (κ1) is 13.0. The average Bonchev–Trinajstić information content (AvgIpc) is 2.71. The number of rotatable bonds is 3. The van der Waals surface area contributed by atoms with E-state index in [4.69, 9.17) is 23.2 Å². The van der Waals surface area contributed by atoms with Gasteiger partial charge in [0.2, 0.25) is 0 Å². The van der Waals surface area contributed by atoms with Crippen molar-refractivity contribution in [1.82, 2.24) is 4.37 Å². The fraction of sp³-hybridized carbons (Fsp3) is 0. The molecule has 0 unspecified atom stereocenters. The van der Waals surface area contributed by atoms with Gasteiger partial charge in [0.25, 0.3) is 5.91 Å². The summed E-state index contributed by atoms with van der Waals surface area (Å²) in [4.78, 5) is 16.0. The van der Waals surface area contributed by atoms with Gasteiger partial charge >= 0.3 is 0 Å². The minimum absolute atomic E-state index is 0.127. The first-order valence-electron chi connectivity index (χ1n) is 4.81. The highest BCUT2D eigenvalue weighted by Gasteiger charge is 2.18. The Kier molecular flexibility index (Phi) is 3.96. The van der Waals surface area contributed by atoms with Crippen molar-refractivity contribution in [3.8, 4) is 0 Å². The van der Waals surface area contributed by atoms with Crippen molar-refractivity contribution in [1.29, 1.82) is 0 Å². The zero-order valence-electron chi connectivity index (χ0n) is 8.98. The zero-order valence-corrected chi connectivity index (χ0v) is 11.3. The van der Waals surface area contributed by atoms with Crippen LogP contribution in [0.1, 0.15) is 9.67 Å². The van der Waals surface area contributed by atoms with E-state index >= 15 is 0 Å². The number of carbonyl (C=O) groups is 1. The predicted molar refractivity (Wildman–Crippen MR) is 75.7 cm³/mol. The van der Waals surface area contributed by atoms with Crippen LogP contribution in [0, 0.1) is 0 Å². The normalized spacial score (nSPS) is 10.1. The number of benzene rings is 1. The van der Waals surface area contributed by atoms with Gasteiger partial charge in [-0.2, -0.15) is 4.37 Å². The lowest BCUT2D eigenvalue weighted by Gasteiger charge is -2.06. The number of aliphatic imine (C=N–C) groups is 1. The molecule has 0 atom stereocenters. The van der Waals surface area contributed by atoms with E-state index in [1.165, 1.54) is 0 Å². The second-order valence-electron chi connectivity index (χ2n) is 3.25. The number of nitrogens with zero attached hydrogens (tertiary/aromatic N) is 2. The molecule has 2 rings (SSSR count). The maximum Gasteiger partial charge on any atom is 0.269 e. The lowest BCUT2D eigenvalue weighted by molar-refractivity contribution is 0.103. The third kappa shape index (κ3) is 2.53. The van der Waals surface area contributed by atoms with E-state index in [0.717, 1.165) is 11.5 Å². The lowest BCUT2D eigenvalue weighted by Crippen LogP contribution is -2.10. The monoisotopic (exact) mass is 299 g/mol. The highest BCUT2D eigenvalue weighted by Crippen LogP contribution is 2.30. The van der Waals surface area contributed by atoms with Gasteiger partial charge in [0.05, 0.1) is 11.4 Å². The number of para-hydroxylation sites is 2. The van der Waals surface area contributed by atoms with Crippen LogP contribution in [0.15, 0.2) is 29.3 Å². The Balaban J connectivity index is 2.27. The first-order valence-corrected chi connectivity index (χ1v) is 6.34. The number of carbonyl (C=O) groups excluding carboxylic acids is 1. The van der Waals surface area contributed by atoms with E-state index < -0.39 is 0 Å². The van der Waals surface area contributed by atoms with Crippen LogP contribution in [0.3, 0.4) is 0 Å².